The molecule has 2 aromatic carbocycles. The van der Waals surface area contributed by atoms with Crippen molar-refractivity contribution in [3.05, 3.63) is 75.2 Å². The number of benzene rings is 2. The number of carbonyl (C=O) groups is 1. The van der Waals surface area contributed by atoms with Crippen molar-refractivity contribution >= 4 is 22.9 Å². The summed E-state index contributed by atoms with van der Waals surface area (Å²) in [5, 5.41) is 13.0. The highest BCUT2D eigenvalue weighted by Gasteiger charge is 2.17. The molecule has 1 aromatic heterocycles. The Kier molecular flexibility index (Phi) is 4.25. The van der Waals surface area contributed by atoms with E-state index >= 15 is 0 Å². The molecule has 2 N–H and O–H groups in total. The van der Waals surface area contributed by atoms with Gasteiger partial charge in [0.05, 0.1) is 17.0 Å². The van der Waals surface area contributed by atoms with Crippen LogP contribution in [-0.4, -0.2) is 15.6 Å². The minimum atomic E-state index is -0.323. The molecule has 0 bridgehead atoms. The molecule has 0 aliphatic carbocycles. The Bertz CT molecular complexity index is 870. The topological polar surface area (TPSA) is 71.3 Å². The van der Waals surface area contributed by atoms with E-state index in [0.29, 0.717) is 16.3 Å². The molecule has 1 amide bonds. The summed E-state index contributed by atoms with van der Waals surface area (Å²) in [5.41, 5.74) is 1.24. The predicted octanol–water partition coefficient (Wildman–Crippen LogP) is 2.79. The molecule has 0 unspecified atom stereocenters. The highest BCUT2D eigenvalue weighted by atomic mass is 32.1. The van der Waals surface area contributed by atoms with Crippen LogP contribution in [0.2, 0.25) is 0 Å². The van der Waals surface area contributed by atoms with Gasteiger partial charge in [-0.2, -0.15) is 0 Å². The van der Waals surface area contributed by atoms with E-state index in [9.17, 15) is 14.7 Å². The summed E-state index contributed by atoms with van der Waals surface area (Å²) in [7, 11) is 0. The summed E-state index contributed by atoms with van der Waals surface area (Å²) in [4.78, 5) is 24.2. The molecule has 3 aromatic rings. The highest BCUT2D eigenvalue weighted by molar-refractivity contribution is 7.09. The van der Waals surface area contributed by atoms with Crippen molar-refractivity contribution in [1.29, 1.82) is 0 Å². The van der Waals surface area contributed by atoms with Gasteiger partial charge in [-0.1, -0.05) is 47.7 Å². The maximum absolute atomic E-state index is 12.1. The Morgan fingerprint density at radius 2 is 1.65 bits per heavy atom. The van der Waals surface area contributed by atoms with Crippen molar-refractivity contribution < 1.29 is 9.90 Å². The largest absolute Gasteiger partial charge is 0.493 e. The van der Waals surface area contributed by atoms with Gasteiger partial charge in [0.25, 0.3) is 0 Å². The lowest BCUT2D eigenvalue weighted by molar-refractivity contribution is -0.115. The van der Waals surface area contributed by atoms with E-state index in [1.807, 2.05) is 24.3 Å². The van der Waals surface area contributed by atoms with E-state index in [1.165, 1.54) is 4.57 Å². The molecule has 23 heavy (non-hydrogen) atoms. The number of aromatic nitrogens is 1. The molecule has 6 heteroatoms. The number of thiazole rings is 1. The molecule has 0 aliphatic rings. The number of nitrogens with zero attached hydrogens (tertiary/aromatic N) is 1. The van der Waals surface area contributed by atoms with Gasteiger partial charge in [-0.05, 0) is 24.3 Å². The summed E-state index contributed by atoms with van der Waals surface area (Å²) in [6.45, 7) is 0. The number of carbonyl (C=O) groups excluding carboxylic acids is 1. The average Bonchev–Trinajstić information content (AvgIpc) is 2.83. The molecule has 5 nitrogen and oxygen atoms in total. The van der Waals surface area contributed by atoms with Crippen LogP contribution < -0.4 is 10.2 Å². The number of aromatic hydroxyl groups is 1. The maximum Gasteiger partial charge on any atom is 0.314 e. The van der Waals surface area contributed by atoms with Gasteiger partial charge in [-0.25, -0.2) is 4.57 Å². The van der Waals surface area contributed by atoms with E-state index < -0.39 is 0 Å². The number of amides is 1. The molecular weight excluding hydrogens is 312 g/mol. The van der Waals surface area contributed by atoms with Crippen LogP contribution in [0.1, 0.15) is 4.88 Å². The van der Waals surface area contributed by atoms with Gasteiger partial charge in [0.2, 0.25) is 11.8 Å². The normalized spacial score (nSPS) is 10.4. The van der Waals surface area contributed by atoms with Crippen LogP contribution in [0.15, 0.2) is 65.5 Å². The van der Waals surface area contributed by atoms with Crippen LogP contribution in [0.3, 0.4) is 0 Å². The van der Waals surface area contributed by atoms with E-state index in [1.54, 1.807) is 36.4 Å². The Labute approximate surface area is 136 Å². The molecule has 0 saturated carbocycles. The van der Waals surface area contributed by atoms with E-state index in [2.05, 4.69) is 5.32 Å². The first-order valence-corrected chi connectivity index (χ1v) is 7.81. The molecule has 0 fully saturated rings. The van der Waals surface area contributed by atoms with Crippen molar-refractivity contribution in [1.82, 2.24) is 4.57 Å². The summed E-state index contributed by atoms with van der Waals surface area (Å²) in [6, 6.07) is 17.9. The first-order chi connectivity index (χ1) is 11.1. The lowest BCUT2D eigenvalue weighted by Crippen LogP contribution is -2.13. The maximum atomic E-state index is 12.1. The third-order valence-corrected chi connectivity index (χ3v) is 4.18. The van der Waals surface area contributed by atoms with Crippen molar-refractivity contribution in [3.8, 4) is 11.6 Å². The Hall–Kier alpha value is -2.86. The van der Waals surface area contributed by atoms with Gasteiger partial charge >= 0.3 is 4.87 Å². The monoisotopic (exact) mass is 326 g/mol. The zero-order valence-corrected chi connectivity index (χ0v) is 12.9. The Morgan fingerprint density at radius 1 is 1.04 bits per heavy atom. The molecule has 0 saturated heterocycles. The first kappa shape index (κ1) is 15.1. The lowest BCUT2D eigenvalue weighted by Gasteiger charge is -2.05. The number of hydrogen-bond donors (Lipinski definition) is 2. The number of para-hydroxylation sites is 2. The van der Waals surface area contributed by atoms with Crippen molar-refractivity contribution in [2.24, 2.45) is 0 Å². The van der Waals surface area contributed by atoms with Gasteiger partial charge in [-0.3, -0.25) is 9.59 Å². The van der Waals surface area contributed by atoms with Crippen LogP contribution >= 0.6 is 11.3 Å². The molecule has 0 aliphatic heterocycles. The van der Waals surface area contributed by atoms with E-state index in [-0.39, 0.29) is 23.1 Å². The van der Waals surface area contributed by atoms with Crippen LogP contribution in [0, 0.1) is 0 Å². The SMILES string of the molecule is O=C(Cc1sc(=O)n(-c2ccccc2)c1O)Nc1ccccc1. The molecule has 0 spiro atoms. The Morgan fingerprint density at radius 3 is 2.30 bits per heavy atom. The van der Waals surface area contributed by atoms with E-state index in [4.69, 9.17) is 0 Å². The van der Waals surface area contributed by atoms with Crippen molar-refractivity contribution in [2.75, 3.05) is 5.32 Å². The van der Waals surface area contributed by atoms with E-state index in [0.717, 1.165) is 11.3 Å². The fourth-order valence-corrected chi connectivity index (χ4v) is 3.08. The fourth-order valence-electron chi connectivity index (χ4n) is 2.20. The summed E-state index contributed by atoms with van der Waals surface area (Å²) >= 11 is 0.871. The third-order valence-electron chi connectivity index (χ3n) is 3.25. The standard InChI is InChI=1S/C17H14N2O3S/c20-15(18-12-7-3-1-4-8-12)11-14-16(21)19(17(22)23-14)13-9-5-2-6-10-13/h1-10,21H,11H2,(H,18,20). The molecule has 1 heterocycles. The first-order valence-electron chi connectivity index (χ1n) is 6.99. The summed E-state index contributed by atoms with van der Waals surface area (Å²) in [6.07, 6.45) is -0.0551. The molecule has 0 atom stereocenters. The zero-order chi connectivity index (χ0) is 16.2. The van der Waals surface area contributed by atoms with Crippen LogP contribution in [0.5, 0.6) is 5.88 Å². The lowest BCUT2D eigenvalue weighted by atomic mass is 10.3. The van der Waals surface area contributed by atoms with Gasteiger partial charge in [0, 0.05) is 5.69 Å². The number of anilines is 1. The summed E-state index contributed by atoms with van der Waals surface area (Å²) in [5.74, 6) is -0.470. The number of rotatable bonds is 4. The third kappa shape index (κ3) is 3.32. The Balaban J connectivity index is 1.82. The van der Waals surface area contributed by atoms with Crippen LogP contribution in [0.25, 0.3) is 5.69 Å². The van der Waals surface area contributed by atoms with Gasteiger partial charge < -0.3 is 10.4 Å². The number of nitrogens with one attached hydrogen (secondary N) is 1. The molecule has 3 rings (SSSR count). The fraction of sp³-hybridized carbons (Fsp3) is 0.0588. The zero-order valence-electron chi connectivity index (χ0n) is 12.1. The van der Waals surface area contributed by atoms with Crippen molar-refractivity contribution in [2.45, 2.75) is 6.42 Å². The average molecular weight is 326 g/mol. The van der Waals surface area contributed by atoms with Gasteiger partial charge in [-0.15, -0.1) is 0 Å². The van der Waals surface area contributed by atoms with Crippen LogP contribution in [0.4, 0.5) is 5.69 Å². The molecule has 116 valence electrons. The summed E-state index contributed by atoms with van der Waals surface area (Å²) < 4.78 is 1.20. The van der Waals surface area contributed by atoms with Crippen molar-refractivity contribution in [3.63, 3.8) is 0 Å². The second-order valence-corrected chi connectivity index (χ2v) is 5.92. The van der Waals surface area contributed by atoms with Gasteiger partial charge in [0.1, 0.15) is 0 Å². The second kappa shape index (κ2) is 6.50. The molecular formula is C17H14N2O3S. The molecule has 0 radical (unpaired) electrons. The highest BCUT2D eigenvalue weighted by Crippen LogP contribution is 2.24. The van der Waals surface area contributed by atoms with Gasteiger partial charge in [0.15, 0.2) is 0 Å². The smallest absolute Gasteiger partial charge is 0.314 e. The minimum Gasteiger partial charge on any atom is -0.493 e. The second-order valence-electron chi connectivity index (χ2n) is 4.88. The minimum absolute atomic E-state index is 0.0551. The quantitative estimate of drug-likeness (QED) is 0.774. The predicted molar refractivity (Wildman–Crippen MR) is 90.4 cm³/mol. The number of hydrogen-bond acceptors (Lipinski definition) is 4. The van der Waals surface area contributed by atoms with Crippen LogP contribution in [-0.2, 0) is 11.2 Å².